The van der Waals surface area contributed by atoms with Crippen LogP contribution in [0.1, 0.15) is 5.56 Å². The second kappa shape index (κ2) is 7.66. The molecule has 1 aromatic carbocycles. The van der Waals surface area contributed by atoms with Gasteiger partial charge in [-0.15, -0.1) is 5.10 Å². The van der Waals surface area contributed by atoms with E-state index < -0.39 is 0 Å². The van der Waals surface area contributed by atoms with Crippen molar-refractivity contribution in [1.82, 2.24) is 20.2 Å². The van der Waals surface area contributed by atoms with Crippen molar-refractivity contribution in [1.29, 1.82) is 5.26 Å². The third kappa shape index (κ3) is 3.77. The summed E-state index contributed by atoms with van der Waals surface area (Å²) < 4.78 is 0. The largest absolute Gasteiger partial charge is 0.353 e. The zero-order valence-corrected chi connectivity index (χ0v) is 14.7. The van der Waals surface area contributed by atoms with Crippen LogP contribution in [-0.2, 0) is 0 Å². The van der Waals surface area contributed by atoms with Crippen LogP contribution in [0.2, 0.25) is 0 Å². The average molecular weight is 358 g/mol. The molecule has 0 saturated carbocycles. The van der Waals surface area contributed by atoms with Gasteiger partial charge in [-0.25, -0.2) is 4.98 Å². The average Bonchev–Trinajstić information content (AvgIpc) is 2.75. The van der Waals surface area contributed by atoms with E-state index >= 15 is 0 Å². The Bertz CT molecular complexity index is 945. The fourth-order valence-electron chi connectivity index (χ4n) is 3.02. The second-order valence-corrected chi connectivity index (χ2v) is 6.08. The lowest BCUT2D eigenvalue weighted by Gasteiger charge is -2.35. The highest BCUT2D eigenvalue weighted by molar-refractivity contribution is 5.63. The van der Waals surface area contributed by atoms with Gasteiger partial charge in [-0.3, -0.25) is 0 Å². The topological polar surface area (TPSA) is 93.9 Å². The number of anilines is 4. The van der Waals surface area contributed by atoms with Crippen molar-refractivity contribution < 1.29 is 0 Å². The van der Waals surface area contributed by atoms with Crippen LogP contribution in [0.3, 0.4) is 0 Å². The molecule has 3 aromatic rings. The Morgan fingerprint density at radius 1 is 0.926 bits per heavy atom. The molecule has 1 fully saturated rings. The molecule has 0 aliphatic carbocycles. The van der Waals surface area contributed by atoms with E-state index in [4.69, 9.17) is 0 Å². The normalized spacial score (nSPS) is 13.9. The fraction of sp³-hybridized carbons (Fsp3) is 0.211. The number of rotatable bonds is 4. The molecular formula is C19H18N8. The number of pyridine rings is 1. The minimum absolute atomic E-state index is 0.377. The summed E-state index contributed by atoms with van der Waals surface area (Å²) >= 11 is 0. The van der Waals surface area contributed by atoms with Gasteiger partial charge in [0.15, 0.2) is 5.82 Å². The van der Waals surface area contributed by atoms with Crippen LogP contribution in [-0.4, -0.2) is 46.3 Å². The lowest BCUT2D eigenvalue weighted by atomic mass is 10.2. The Balaban J connectivity index is 1.45. The number of hydrogen-bond acceptors (Lipinski definition) is 8. The number of nitrogens with zero attached hydrogens (tertiary/aromatic N) is 7. The third-order valence-corrected chi connectivity index (χ3v) is 4.42. The third-order valence-electron chi connectivity index (χ3n) is 4.42. The van der Waals surface area contributed by atoms with Crippen LogP contribution in [0.4, 0.5) is 23.3 Å². The summed E-state index contributed by atoms with van der Waals surface area (Å²) in [7, 11) is 0. The van der Waals surface area contributed by atoms with E-state index in [-0.39, 0.29) is 0 Å². The Labute approximate surface area is 157 Å². The molecule has 1 aliphatic heterocycles. The molecule has 1 aliphatic rings. The van der Waals surface area contributed by atoms with Gasteiger partial charge in [-0.1, -0.05) is 18.2 Å². The highest BCUT2D eigenvalue weighted by Gasteiger charge is 2.19. The Hall–Kier alpha value is -3.73. The number of hydrogen-bond donors (Lipinski definition) is 1. The molecule has 27 heavy (non-hydrogen) atoms. The Kier molecular flexibility index (Phi) is 4.74. The van der Waals surface area contributed by atoms with Gasteiger partial charge in [0.1, 0.15) is 11.9 Å². The number of para-hydroxylation sites is 1. The summed E-state index contributed by atoms with van der Waals surface area (Å²) in [5.41, 5.74) is 1.20. The number of piperazine rings is 1. The van der Waals surface area contributed by atoms with E-state index in [0.717, 1.165) is 37.8 Å². The van der Waals surface area contributed by atoms with E-state index in [1.807, 2.05) is 42.6 Å². The van der Waals surface area contributed by atoms with Gasteiger partial charge in [0.2, 0.25) is 5.95 Å². The minimum Gasteiger partial charge on any atom is -0.353 e. The lowest BCUT2D eigenvalue weighted by Crippen LogP contribution is -2.47. The minimum atomic E-state index is 0.377. The predicted molar refractivity (Wildman–Crippen MR) is 103 cm³/mol. The van der Waals surface area contributed by atoms with Gasteiger partial charge in [0.25, 0.3) is 0 Å². The molecule has 1 saturated heterocycles. The van der Waals surface area contributed by atoms with Gasteiger partial charge < -0.3 is 15.1 Å². The SMILES string of the molecule is N#Cc1ccccc1Nc1nncc(N2CCN(c3ccccn3)CC2)n1. The molecule has 3 heterocycles. The molecule has 0 radical (unpaired) electrons. The zero-order valence-electron chi connectivity index (χ0n) is 14.7. The zero-order chi connectivity index (χ0) is 18.5. The van der Waals surface area contributed by atoms with Crippen LogP contribution >= 0.6 is 0 Å². The first-order valence-corrected chi connectivity index (χ1v) is 8.70. The molecular weight excluding hydrogens is 340 g/mol. The predicted octanol–water partition coefficient (Wildman–Crippen LogP) is 2.21. The van der Waals surface area contributed by atoms with E-state index in [9.17, 15) is 5.26 Å². The summed E-state index contributed by atoms with van der Waals surface area (Å²) in [5.74, 6) is 2.14. The van der Waals surface area contributed by atoms with Gasteiger partial charge in [-0.2, -0.15) is 15.3 Å². The van der Waals surface area contributed by atoms with Crippen LogP contribution in [0.25, 0.3) is 0 Å². The molecule has 8 heteroatoms. The fourth-order valence-corrected chi connectivity index (χ4v) is 3.02. The quantitative estimate of drug-likeness (QED) is 0.759. The molecule has 0 amide bonds. The molecule has 8 nitrogen and oxygen atoms in total. The number of nitriles is 1. The maximum Gasteiger partial charge on any atom is 0.249 e. The first kappa shape index (κ1) is 16.7. The van der Waals surface area contributed by atoms with Crippen molar-refractivity contribution in [2.24, 2.45) is 0 Å². The Morgan fingerprint density at radius 2 is 1.67 bits per heavy atom. The van der Waals surface area contributed by atoms with Gasteiger partial charge in [-0.05, 0) is 24.3 Å². The maximum atomic E-state index is 9.21. The summed E-state index contributed by atoms with van der Waals surface area (Å²) in [6, 6.07) is 15.3. The number of nitrogens with one attached hydrogen (secondary N) is 1. The molecule has 0 atom stereocenters. The summed E-state index contributed by atoms with van der Waals surface area (Å²) in [6.45, 7) is 3.37. The molecule has 1 N–H and O–H groups in total. The van der Waals surface area contributed by atoms with E-state index in [2.05, 4.69) is 41.4 Å². The lowest BCUT2D eigenvalue weighted by molar-refractivity contribution is 0.639. The first-order valence-electron chi connectivity index (χ1n) is 8.70. The van der Waals surface area contributed by atoms with Gasteiger partial charge in [0.05, 0.1) is 17.4 Å². The molecule has 4 rings (SSSR count). The van der Waals surface area contributed by atoms with Crippen LogP contribution < -0.4 is 15.1 Å². The van der Waals surface area contributed by atoms with E-state index in [0.29, 0.717) is 17.2 Å². The van der Waals surface area contributed by atoms with Gasteiger partial charge in [0, 0.05) is 32.4 Å². The van der Waals surface area contributed by atoms with Crippen molar-refractivity contribution in [2.75, 3.05) is 41.3 Å². The molecule has 134 valence electrons. The highest BCUT2D eigenvalue weighted by Crippen LogP contribution is 2.20. The molecule has 2 aromatic heterocycles. The van der Waals surface area contributed by atoms with Crippen molar-refractivity contribution in [2.45, 2.75) is 0 Å². The molecule has 0 unspecified atom stereocenters. The number of aromatic nitrogens is 4. The Morgan fingerprint density at radius 3 is 2.41 bits per heavy atom. The van der Waals surface area contributed by atoms with Crippen molar-refractivity contribution >= 4 is 23.3 Å². The summed E-state index contributed by atoms with van der Waals surface area (Å²) in [4.78, 5) is 13.4. The molecule has 0 spiro atoms. The van der Waals surface area contributed by atoms with Crippen molar-refractivity contribution in [3.8, 4) is 6.07 Å². The summed E-state index contributed by atoms with van der Waals surface area (Å²) in [6.07, 6.45) is 3.48. The highest BCUT2D eigenvalue weighted by atomic mass is 15.3. The van der Waals surface area contributed by atoms with E-state index in [1.165, 1.54) is 0 Å². The summed E-state index contributed by atoms with van der Waals surface area (Å²) in [5, 5.41) is 20.4. The molecule has 0 bridgehead atoms. The van der Waals surface area contributed by atoms with E-state index in [1.54, 1.807) is 12.3 Å². The number of benzene rings is 1. The smallest absolute Gasteiger partial charge is 0.249 e. The standard InChI is InChI=1S/C19H18N8/c20-13-15-5-1-2-6-16(15)23-19-24-18(14-22-25-19)27-11-9-26(10-12-27)17-7-3-4-8-21-17/h1-8,14H,9-12H2,(H,23,24,25). The first-order chi connectivity index (χ1) is 13.3. The van der Waals surface area contributed by atoms with Crippen molar-refractivity contribution in [3.05, 3.63) is 60.4 Å². The maximum absolute atomic E-state index is 9.21. The van der Waals surface area contributed by atoms with Crippen molar-refractivity contribution in [3.63, 3.8) is 0 Å². The second-order valence-electron chi connectivity index (χ2n) is 6.08. The van der Waals surface area contributed by atoms with Gasteiger partial charge >= 0.3 is 0 Å². The van der Waals surface area contributed by atoms with Crippen LogP contribution in [0.5, 0.6) is 0 Å². The van der Waals surface area contributed by atoms with Crippen LogP contribution in [0.15, 0.2) is 54.9 Å². The van der Waals surface area contributed by atoms with Crippen LogP contribution in [0, 0.1) is 11.3 Å². The monoisotopic (exact) mass is 358 g/mol.